The number of para-hydroxylation sites is 1. The van der Waals surface area contributed by atoms with Crippen LogP contribution in [0.1, 0.15) is 51.3 Å². The zero-order valence-corrected chi connectivity index (χ0v) is 35.1. The largest absolute Gasteiger partial charge is 0.309 e. The van der Waals surface area contributed by atoms with Crippen molar-refractivity contribution in [2.45, 2.75) is 24.3 Å². The summed E-state index contributed by atoms with van der Waals surface area (Å²) in [5.41, 5.74) is 17.1. The Labute approximate surface area is 368 Å². The van der Waals surface area contributed by atoms with Crippen molar-refractivity contribution < 1.29 is 0 Å². The van der Waals surface area contributed by atoms with Gasteiger partial charge >= 0.3 is 0 Å². The standard InChI is InChI=1S/C59H46N4/c1-60-57(63-58(44-21-8-3-9-22-44)61(63)40-41-33-35-43(36-34-41)42-19-6-2-7-20-42)45-23-18-28-48(39-45)62-53-32-17-15-30-50(53)56-54(62)38-37-52-55(56)49-29-14-16-31-51(49)59(52,46-24-10-4-11-25-46)47-26-12-5-13-27-47/h2-39,57-58,60H,40H2,1H3. The van der Waals surface area contributed by atoms with E-state index in [0.29, 0.717) is 0 Å². The van der Waals surface area contributed by atoms with Gasteiger partial charge in [0, 0.05) is 23.0 Å². The topological polar surface area (TPSA) is 23.0 Å². The summed E-state index contributed by atoms with van der Waals surface area (Å²) in [7, 11) is 2.08. The van der Waals surface area contributed by atoms with Crippen molar-refractivity contribution in [1.29, 1.82) is 0 Å². The zero-order valence-electron chi connectivity index (χ0n) is 35.1. The van der Waals surface area contributed by atoms with Gasteiger partial charge in [-0.25, -0.2) is 5.01 Å². The summed E-state index contributed by atoms with van der Waals surface area (Å²) in [5.74, 6) is 0. The lowest BCUT2D eigenvalue weighted by atomic mass is 9.67. The van der Waals surface area contributed by atoms with E-state index in [0.717, 1.165) is 12.2 Å². The Morgan fingerprint density at radius 1 is 0.524 bits per heavy atom. The second kappa shape index (κ2) is 15.2. The summed E-state index contributed by atoms with van der Waals surface area (Å²) < 4.78 is 2.48. The number of rotatable bonds is 10. The molecule has 0 bridgehead atoms. The fourth-order valence-electron chi connectivity index (χ4n) is 10.8. The van der Waals surface area contributed by atoms with E-state index in [-0.39, 0.29) is 12.3 Å². The Hall–Kier alpha value is -7.34. The molecule has 2 aliphatic rings. The average molecular weight is 811 g/mol. The molecule has 302 valence electrons. The summed E-state index contributed by atoms with van der Waals surface area (Å²) >= 11 is 0. The van der Waals surface area contributed by atoms with Crippen molar-refractivity contribution in [2.24, 2.45) is 0 Å². The first-order valence-corrected chi connectivity index (χ1v) is 22.0. The molecule has 4 heteroatoms. The van der Waals surface area contributed by atoms with Crippen LogP contribution in [-0.4, -0.2) is 21.6 Å². The molecule has 4 nitrogen and oxygen atoms in total. The molecule has 10 aromatic rings. The molecule has 1 saturated heterocycles. The van der Waals surface area contributed by atoms with Crippen molar-refractivity contribution in [3.05, 3.63) is 269 Å². The highest BCUT2D eigenvalue weighted by molar-refractivity contribution is 6.18. The number of fused-ring (bicyclic) bond motifs is 7. The molecule has 12 rings (SSSR count). The molecule has 2 heterocycles. The Kier molecular flexibility index (Phi) is 9.05. The van der Waals surface area contributed by atoms with Gasteiger partial charge in [-0.3, -0.25) is 5.32 Å². The molecule has 0 spiro atoms. The zero-order chi connectivity index (χ0) is 41.9. The third-order valence-corrected chi connectivity index (χ3v) is 13.5. The van der Waals surface area contributed by atoms with Gasteiger partial charge in [-0.1, -0.05) is 206 Å². The van der Waals surface area contributed by atoms with E-state index in [1.807, 2.05) is 0 Å². The lowest BCUT2D eigenvalue weighted by Gasteiger charge is -2.33. The smallest absolute Gasteiger partial charge is 0.117 e. The van der Waals surface area contributed by atoms with Gasteiger partial charge in [-0.15, -0.1) is 0 Å². The summed E-state index contributed by atoms with van der Waals surface area (Å²) in [6, 6.07) is 84.7. The summed E-state index contributed by atoms with van der Waals surface area (Å²) in [6.07, 6.45) is 0.0758. The molecular formula is C59H46N4. The molecule has 9 aromatic carbocycles. The third kappa shape index (κ3) is 5.95. The van der Waals surface area contributed by atoms with Gasteiger partial charge in [-0.2, -0.15) is 5.01 Å². The van der Waals surface area contributed by atoms with E-state index < -0.39 is 5.41 Å². The van der Waals surface area contributed by atoms with Crippen LogP contribution in [0.5, 0.6) is 0 Å². The van der Waals surface area contributed by atoms with E-state index in [9.17, 15) is 0 Å². The SMILES string of the molecule is CNC(c1cccc(-n2c3ccccc3c3c4c(ccc32)C(c2ccccc2)(c2ccccc2)c2ccccc2-4)c1)N1C(c2ccccc2)N1Cc1ccc(-c2ccccc2)cc1. The molecule has 1 aliphatic heterocycles. The van der Waals surface area contributed by atoms with Gasteiger partial charge in [0.2, 0.25) is 0 Å². The van der Waals surface area contributed by atoms with Crippen molar-refractivity contribution in [2.75, 3.05) is 7.05 Å². The number of hydrogen-bond donors (Lipinski definition) is 1. The van der Waals surface area contributed by atoms with Crippen LogP contribution in [0, 0.1) is 0 Å². The lowest BCUT2D eigenvalue weighted by molar-refractivity contribution is 0.209. The minimum atomic E-state index is -0.463. The van der Waals surface area contributed by atoms with Crippen LogP contribution in [-0.2, 0) is 12.0 Å². The quantitative estimate of drug-likeness (QED) is 0.139. The number of nitrogens with one attached hydrogen (secondary N) is 1. The highest BCUT2D eigenvalue weighted by atomic mass is 15.9. The summed E-state index contributed by atoms with van der Waals surface area (Å²) in [5, 5.41) is 11.3. The minimum Gasteiger partial charge on any atom is -0.309 e. The Bertz CT molecular complexity index is 3210. The fourth-order valence-corrected chi connectivity index (χ4v) is 10.8. The third-order valence-electron chi connectivity index (χ3n) is 13.5. The molecule has 1 N–H and O–H groups in total. The van der Waals surface area contributed by atoms with E-state index in [1.165, 1.54) is 83.0 Å². The maximum atomic E-state index is 3.73. The predicted octanol–water partition coefficient (Wildman–Crippen LogP) is 13.5. The van der Waals surface area contributed by atoms with Crippen molar-refractivity contribution in [1.82, 2.24) is 19.9 Å². The first-order valence-electron chi connectivity index (χ1n) is 22.0. The second-order valence-electron chi connectivity index (χ2n) is 16.9. The second-order valence-corrected chi connectivity index (χ2v) is 16.9. The van der Waals surface area contributed by atoms with Crippen LogP contribution < -0.4 is 5.32 Å². The molecule has 0 saturated carbocycles. The maximum absolute atomic E-state index is 3.73. The van der Waals surface area contributed by atoms with Crippen LogP contribution in [0.25, 0.3) is 49.7 Å². The summed E-state index contributed by atoms with van der Waals surface area (Å²) in [4.78, 5) is 0. The molecule has 1 aliphatic carbocycles. The van der Waals surface area contributed by atoms with Crippen LogP contribution in [0.15, 0.2) is 231 Å². The number of benzene rings is 9. The molecule has 4 atom stereocenters. The normalized spacial score (nSPS) is 17.6. The number of hydrogen-bond acceptors (Lipinski definition) is 3. The van der Waals surface area contributed by atoms with Gasteiger partial charge in [-0.05, 0) is 92.5 Å². The highest BCUT2D eigenvalue weighted by Gasteiger charge is 2.51. The Morgan fingerprint density at radius 3 is 1.86 bits per heavy atom. The number of aromatic nitrogens is 1. The van der Waals surface area contributed by atoms with Gasteiger partial charge < -0.3 is 4.57 Å². The first kappa shape index (κ1) is 37.4. The molecule has 63 heavy (non-hydrogen) atoms. The molecular weight excluding hydrogens is 765 g/mol. The number of hydrazine groups is 1. The fraction of sp³-hybridized carbons (Fsp3) is 0.0847. The van der Waals surface area contributed by atoms with E-state index in [4.69, 9.17) is 0 Å². The maximum Gasteiger partial charge on any atom is 0.117 e. The Balaban J connectivity index is 0.979. The van der Waals surface area contributed by atoms with Crippen LogP contribution in [0.3, 0.4) is 0 Å². The van der Waals surface area contributed by atoms with Crippen molar-refractivity contribution >= 4 is 21.8 Å². The van der Waals surface area contributed by atoms with Crippen molar-refractivity contribution in [3.63, 3.8) is 0 Å². The Morgan fingerprint density at radius 2 is 1.14 bits per heavy atom. The average Bonchev–Trinajstić information content (AvgIpc) is 3.81. The van der Waals surface area contributed by atoms with E-state index in [1.54, 1.807) is 0 Å². The highest BCUT2D eigenvalue weighted by Crippen LogP contribution is 2.59. The first-order chi connectivity index (χ1) is 31.2. The monoisotopic (exact) mass is 810 g/mol. The molecule has 1 fully saturated rings. The van der Waals surface area contributed by atoms with Gasteiger partial charge in [0.15, 0.2) is 0 Å². The van der Waals surface area contributed by atoms with Gasteiger partial charge in [0.25, 0.3) is 0 Å². The molecule has 4 unspecified atom stereocenters. The van der Waals surface area contributed by atoms with Crippen molar-refractivity contribution in [3.8, 4) is 27.9 Å². The minimum absolute atomic E-state index is 0.0553. The predicted molar refractivity (Wildman–Crippen MR) is 258 cm³/mol. The van der Waals surface area contributed by atoms with Crippen LogP contribution in [0.2, 0.25) is 0 Å². The number of nitrogens with zero attached hydrogens (tertiary/aromatic N) is 3. The molecule has 0 amide bonds. The van der Waals surface area contributed by atoms with E-state index >= 15 is 0 Å². The van der Waals surface area contributed by atoms with Crippen LogP contribution in [0.4, 0.5) is 0 Å². The van der Waals surface area contributed by atoms with Gasteiger partial charge in [0.1, 0.15) is 12.3 Å². The lowest BCUT2D eigenvalue weighted by Crippen LogP contribution is -2.28. The molecule has 0 radical (unpaired) electrons. The molecule has 1 aromatic heterocycles. The van der Waals surface area contributed by atoms with Gasteiger partial charge in [0.05, 0.1) is 16.4 Å². The summed E-state index contributed by atoms with van der Waals surface area (Å²) in [6.45, 7) is 0.805. The van der Waals surface area contributed by atoms with Crippen LogP contribution >= 0.6 is 0 Å². The van der Waals surface area contributed by atoms with E-state index in [2.05, 4.69) is 257 Å².